The van der Waals surface area contributed by atoms with E-state index in [0.717, 1.165) is 12.8 Å². The van der Waals surface area contributed by atoms with Crippen molar-refractivity contribution in [1.82, 2.24) is 20.1 Å². The van der Waals surface area contributed by atoms with Gasteiger partial charge >= 0.3 is 0 Å². The zero-order chi connectivity index (χ0) is 17.1. The number of benzene rings is 1. The molecule has 1 aromatic heterocycles. The number of aromatic nitrogens is 3. The molecule has 6 nitrogen and oxygen atoms in total. The van der Waals surface area contributed by atoms with Gasteiger partial charge < -0.3 is 10.4 Å². The van der Waals surface area contributed by atoms with Crippen molar-refractivity contribution >= 4 is 17.5 Å². The van der Waals surface area contributed by atoms with Crippen LogP contribution < -0.4 is 5.32 Å². The maximum Gasteiger partial charge on any atom is 0.291 e. The van der Waals surface area contributed by atoms with E-state index in [-0.39, 0.29) is 23.9 Å². The van der Waals surface area contributed by atoms with E-state index in [1.807, 2.05) is 25.1 Å². The predicted molar refractivity (Wildman–Crippen MR) is 91.5 cm³/mol. The zero-order valence-electron chi connectivity index (χ0n) is 13.6. The minimum absolute atomic E-state index is 0.0678. The number of carbonyl (C=O) groups is 1. The topological polar surface area (TPSA) is 80.0 Å². The van der Waals surface area contributed by atoms with Crippen LogP contribution in [0.4, 0.5) is 0 Å². The van der Waals surface area contributed by atoms with Crippen LogP contribution in [-0.2, 0) is 6.42 Å². The Morgan fingerprint density at radius 1 is 1.33 bits per heavy atom. The predicted octanol–water partition coefficient (Wildman–Crippen LogP) is 2.52. The van der Waals surface area contributed by atoms with Crippen LogP contribution in [0, 0.1) is 0 Å². The van der Waals surface area contributed by atoms with E-state index >= 15 is 0 Å². The summed E-state index contributed by atoms with van der Waals surface area (Å²) in [5.74, 6) is 0.558. The molecule has 24 heavy (non-hydrogen) atoms. The number of halogens is 1. The molecule has 0 saturated heterocycles. The summed E-state index contributed by atoms with van der Waals surface area (Å²) in [4.78, 5) is 16.8. The second-order valence-electron chi connectivity index (χ2n) is 6.05. The SMILES string of the molecule is CCc1nc(C(=O)NC2CCC(O)CC2)nn1-c1ccccc1Cl. The number of nitrogens with one attached hydrogen (secondary N) is 1. The molecule has 7 heteroatoms. The Morgan fingerprint density at radius 2 is 2.04 bits per heavy atom. The standard InChI is InChI=1S/C17H21ClN4O2/c1-2-15-20-16(17(24)19-11-7-9-12(23)10-8-11)21-22(15)14-6-4-3-5-13(14)18/h3-6,11-12,23H,2,7-10H2,1H3,(H,19,24). The van der Waals surface area contributed by atoms with E-state index in [0.29, 0.717) is 35.8 Å². The molecule has 0 unspecified atom stereocenters. The molecule has 1 aromatic carbocycles. The highest BCUT2D eigenvalue weighted by atomic mass is 35.5. The molecule has 1 saturated carbocycles. The number of nitrogens with zero attached hydrogens (tertiary/aromatic N) is 3. The van der Waals surface area contributed by atoms with Crippen LogP contribution in [0.25, 0.3) is 5.69 Å². The third-order valence-corrected chi connectivity index (χ3v) is 4.63. The first kappa shape index (κ1) is 16.9. The van der Waals surface area contributed by atoms with Crippen molar-refractivity contribution in [2.24, 2.45) is 0 Å². The summed E-state index contributed by atoms with van der Waals surface area (Å²) in [7, 11) is 0. The first-order valence-electron chi connectivity index (χ1n) is 8.28. The molecule has 0 spiro atoms. The highest BCUT2D eigenvalue weighted by molar-refractivity contribution is 6.32. The molecule has 2 N–H and O–H groups in total. The summed E-state index contributed by atoms with van der Waals surface area (Å²) >= 11 is 6.23. The summed E-state index contributed by atoms with van der Waals surface area (Å²) in [6, 6.07) is 7.42. The number of hydrogen-bond donors (Lipinski definition) is 2. The summed E-state index contributed by atoms with van der Waals surface area (Å²) in [5, 5.41) is 17.4. The van der Waals surface area contributed by atoms with E-state index in [2.05, 4.69) is 15.4 Å². The van der Waals surface area contributed by atoms with Gasteiger partial charge in [-0.15, -0.1) is 5.10 Å². The summed E-state index contributed by atoms with van der Waals surface area (Å²) in [6.07, 6.45) is 3.38. The van der Waals surface area contributed by atoms with E-state index in [9.17, 15) is 9.90 Å². The lowest BCUT2D eigenvalue weighted by molar-refractivity contribution is 0.0858. The van der Waals surface area contributed by atoms with Crippen molar-refractivity contribution in [3.8, 4) is 5.69 Å². The maximum atomic E-state index is 12.4. The van der Waals surface area contributed by atoms with Gasteiger partial charge in [-0.25, -0.2) is 9.67 Å². The quantitative estimate of drug-likeness (QED) is 0.889. The fourth-order valence-electron chi connectivity index (χ4n) is 2.96. The van der Waals surface area contributed by atoms with Crippen LogP contribution in [0.1, 0.15) is 49.1 Å². The van der Waals surface area contributed by atoms with Crippen LogP contribution in [-0.4, -0.2) is 37.9 Å². The van der Waals surface area contributed by atoms with Crippen molar-refractivity contribution in [2.45, 2.75) is 51.2 Å². The Hall–Kier alpha value is -1.92. The Bertz CT molecular complexity index is 723. The Morgan fingerprint density at radius 3 is 2.71 bits per heavy atom. The van der Waals surface area contributed by atoms with Gasteiger partial charge in [-0.1, -0.05) is 30.7 Å². The highest BCUT2D eigenvalue weighted by Crippen LogP contribution is 2.21. The first-order chi connectivity index (χ1) is 11.6. The van der Waals surface area contributed by atoms with Crippen LogP contribution in [0.5, 0.6) is 0 Å². The normalized spacial score (nSPS) is 20.8. The minimum Gasteiger partial charge on any atom is -0.393 e. The Labute approximate surface area is 145 Å². The van der Waals surface area contributed by atoms with Gasteiger partial charge in [0.1, 0.15) is 5.82 Å². The van der Waals surface area contributed by atoms with Gasteiger partial charge in [-0.2, -0.15) is 0 Å². The summed E-state index contributed by atoms with van der Waals surface area (Å²) in [6.45, 7) is 1.96. The van der Waals surface area contributed by atoms with Gasteiger partial charge in [-0.3, -0.25) is 4.79 Å². The molecule has 2 aromatic rings. The molecule has 0 atom stereocenters. The largest absolute Gasteiger partial charge is 0.393 e. The van der Waals surface area contributed by atoms with Crippen molar-refractivity contribution in [2.75, 3.05) is 0 Å². The molecule has 1 aliphatic carbocycles. The van der Waals surface area contributed by atoms with E-state index < -0.39 is 0 Å². The van der Waals surface area contributed by atoms with E-state index in [1.165, 1.54) is 0 Å². The molecule has 128 valence electrons. The fourth-order valence-corrected chi connectivity index (χ4v) is 3.17. The van der Waals surface area contributed by atoms with Crippen LogP contribution in [0.15, 0.2) is 24.3 Å². The fraction of sp³-hybridized carbons (Fsp3) is 0.471. The van der Waals surface area contributed by atoms with Crippen LogP contribution in [0.2, 0.25) is 5.02 Å². The molecule has 1 fully saturated rings. The lowest BCUT2D eigenvalue weighted by Gasteiger charge is -2.25. The molecule has 0 radical (unpaired) electrons. The van der Waals surface area contributed by atoms with Crippen molar-refractivity contribution in [1.29, 1.82) is 0 Å². The van der Waals surface area contributed by atoms with Crippen LogP contribution in [0.3, 0.4) is 0 Å². The smallest absolute Gasteiger partial charge is 0.291 e. The number of aliphatic hydroxyl groups is 1. The molecule has 0 bridgehead atoms. The third kappa shape index (κ3) is 3.60. The number of carbonyl (C=O) groups excluding carboxylic acids is 1. The third-order valence-electron chi connectivity index (χ3n) is 4.31. The lowest BCUT2D eigenvalue weighted by Crippen LogP contribution is -2.39. The minimum atomic E-state index is -0.281. The number of aliphatic hydroxyl groups excluding tert-OH is 1. The molecule has 3 rings (SSSR count). The summed E-state index contributed by atoms with van der Waals surface area (Å²) in [5.41, 5.74) is 0.711. The first-order valence-corrected chi connectivity index (χ1v) is 8.66. The Kier molecular flexibility index (Phi) is 5.16. The molecule has 1 heterocycles. The van der Waals surface area contributed by atoms with Gasteiger partial charge in [0.05, 0.1) is 16.8 Å². The van der Waals surface area contributed by atoms with Gasteiger partial charge in [0.15, 0.2) is 0 Å². The average Bonchev–Trinajstić information content (AvgIpc) is 3.01. The molecule has 0 aliphatic heterocycles. The molecule has 1 amide bonds. The molecule has 1 aliphatic rings. The number of amides is 1. The number of para-hydroxylation sites is 1. The highest BCUT2D eigenvalue weighted by Gasteiger charge is 2.24. The van der Waals surface area contributed by atoms with Gasteiger partial charge in [-0.05, 0) is 37.8 Å². The van der Waals surface area contributed by atoms with E-state index in [1.54, 1.807) is 10.7 Å². The van der Waals surface area contributed by atoms with Crippen molar-refractivity contribution in [3.63, 3.8) is 0 Å². The second kappa shape index (κ2) is 7.32. The maximum absolute atomic E-state index is 12.4. The van der Waals surface area contributed by atoms with Crippen molar-refractivity contribution < 1.29 is 9.90 Å². The van der Waals surface area contributed by atoms with Crippen LogP contribution >= 0.6 is 11.6 Å². The number of hydrogen-bond acceptors (Lipinski definition) is 4. The second-order valence-corrected chi connectivity index (χ2v) is 6.45. The summed E-state index contributed by atoms with van der Waals surface area (Å²) < 4.78 is 1.63. The van der Waals surface area contributed by atoms with Gasteiger partial charge in [0, 0.05) is 12.5 Å². The lowest BCUT2D eigenvalue weighted by atomic mass is 9.93. The average molecular weight is 349 g/mol. The Balaban J connectivity index is 1.79. The monoisotopic (exact) mass is 348 g/mol. The van der Waals surface area contributed by atoms with E-state index in [4.69, 9.17) is 11.6 Å². The van der Waals surface area contributed by atoms with Gasteiger partial charge in [0.2, 0.25) is 5.82 Å². The number of rotatable bonds is 4. The van der Waals surface area contributed by atoms with Crippen molar-refractivity contribution in [3.05, 3.63) is 40.9 Å². The number of aryl methyl sites for hydroxylation is 1. The zero-order valence-corrected chi connectivity index (χ0v) is 14.3. The molecular formula is C17H21ClN4O2. The van der Waals surface area contributed by atoms with Gasteiger partial charge in [0.25, 0.3) is 5.91 Å². The molecular weight excluding hydrogens is 328 g/mol.